The summed E-state index contributed by atoms with van der Waals surface area (Å²) in [4.78, 5) is 14.6. The lowest BCUT2D eigenvalue weighted by atomic mass is 9.67. The third-order valence-electron chi connectivity index (χ3n) is 3.31. The van der Waals surface area contributed by atoms with Gasteiger partial charge in [-0.1, -0.05) is 18.6 Å². The molecule has 2 N–H and O–H groups in total. The van der Waals surface area contributed by atoms with Gasteiger partial charge in [-0.25, -0.2) is 0 Å². The molecule has 15 heavy (non-hydrogen) atoms. The first-order valence-electron chi connectivity index (χ1n) is 5.56. The molecule has 1 rings (SSSR count). The van der Waals surface area contributed by atoms with Crippen molar-refractivity contribution >= 4 is 23.1 Å². The largest absolute Gasteiger partial charge is 0.392 e. The number of nitrogens with two attached hydrogens (primary N) is 1. The molecule has 0 bridgehead atoms. The van der Waals surface area contributed by atoms with Gasteiger partial charge >= 0.3 is 0 Å². The number of hydrogen-bond donors (Lipinski definition) is 1. The lowest BCUT2D eigenvalue weighted by molar-refractivity contribution is -0.143. The van der Waals surface area contributed by atoms with Crippen molar-refractivity contribution in [3.63, 3.8) is 0 Å². The summed E-state index contributed by atoms with van der Waals surface area (Å²) >= 11 is 5.04. The van der Waals surface area contributed by atoms with Crippen LogP contribution < -0.4 is 5.73 Å². The van der Waals surface area contributed by atoms with Crippen LogP contribution >= 0.6 is 12.2 Å². The van der Waals surface area contributed by atoms with E-state index in [1.54, 1.807) is 0 Å². The van der Waals surface area contributed by atoms with Gasteiger partial charge in [-0.15, -0.1) is 0 Å². The van der Waals surface area contributed by atoms with Crippen molar-refractivity contribution in [2.75, 3.05) is 6.54 Å². The van der Waals surface area contributed by atoms with Crippen molar-refractivity contribution in [1.29, 1.82) is 0 Å². The average Bonchev–Trinajstić information content (AvgIpc) is 2.00. The Morgan fingerprint density at radius 3 is 2.27 bits per heavy atom. The van der Waals surface area contributed by atoms with Gasteiger partial charge in [0.15, 0.2) is 0 Å². The Morgan fingerprint density at radius 1 is 1.53 bits per heavy atom. The molecule has 0 spiro atoms. The fraction of sp³-hybridized carbons (Fsp3) is 0.818. The van der Waals surface area contributed by atoms with Crippen LogP contribution in [0.1, 0.15) is 40.0 Å². The normalized spacial score (nSPS) is 18.4. The summed E-state index contributed by atoms with van der Waals surface area (Å²) in [5, 5.41) is 0. The minimum absolute atomic E-state index is 0.124. The number of nitrogens with zero attached hydrogens (tertiary/aromatic N) is 1. The fourth-order valence-electron chi connectivity index (χ4n) is 2.11. The van der Waals surface area contributed by atoms with Crippen LogP contribution in [-0.2, 0) is 4.79 Å². The highest BCUT2D eigenvalue weighted by atomic mass is 32.1. The van der Waals surface area contributed by atoms with Gasteiger partial charge in [-0.2, -0.15) is 0 Å². The minimum Gasteiger partial charge on any atom is -0.392 e. The van der Waals surface area contributed by atoms with Crippen LogP contribution in [0.5, 0.6) is 0 Å². The first-order chi connectivity index (χ1) is 6.95. The molecule has 4 heteroatoms. The summed E-state index contributed by atoms with van der Waals surface area (Å²) in [6, 6.07) is 0.217. The van der Waals surface area contributed by atoms with Crippen molar-refractivity contribution in [3.8, 4) is 0 Å². The molecule has 1 fully saturated rings. The molecule has 3 nitrogen and oxygen atoms in total. The number of carbonyl (C=O) groups is 1. The van der Waals surface area contributed by atoms with Crippen LogP contribution in [0.15, 0.2) is 0 Å². The molecule has 1 amide bonds. The van der Waals surface area contributed by atoms with E-state index in [1.165, 1.54) is 0 Å². The summed E-state index contributed by atoms with van der Waals surface area (Å²) < 4.78 is 0. The lowest BCUT2D eigenvalue weighted by Crippen LogP contribution is -2.55. The SMILES string of the molecule is CCN(C(=O)C1(C(N)=S)CCC1)C(C)C. The van der Waals surface area contributed by atoms with E-state index < -0.39 is 5.41 Å². The summed E-state index contributed by atoms with van der Waals surface area (Å²) in [5.41, 5.74) is 5.19. The molecule has 0 atom stereocenters. The van der Waals surface area contributed by atoms with Crippen LogP contribution in [0.25, 0.3) is 0 Å². The second-order valence-electron chi connectivity index (χ2n) is 4.48. The van der Waals surface area contributed by atoms with E-state index in [9.17, 15) is 4.79 Å². The Labute approximate surface area is 97.0 Å². The second kappa shape index (κ2) is 4.47. The highest BCUT2D eigenvalue weighted by molar-refractivity contribution is 7.80. The predicted molar refractivity (Wildman–Crippen MR) is 65.6 cm³/mol. The zero-order valence-corrected chi connectivity index (χ0v) is 10.6. The molecular weight excluding hydrogens is 208 g/mol. The molecule has 0 heterocycles. The Kier molecular flexibility index (Phi) is 3.71. The van der Waals surface area contributed by atoms with Crippen molar-refractivity contribution in [3.05, 3.63) is 0 Å². The maximum atomic E-state index is 12.3. The van der Waals surface area contributed by atoms with Crippen molar-refractivity contribution in [2.24, 2.45) is 11.1 Å². The van der Waals surface area contributed by atoms with Gasteiger partial charge in [0.25, 0.3) is 0 Å². The molecule has 0 radical (unpaired) electrons. The number of hydrogen-bond acceptors (Lipinski definition) is 2. The Balaban J connectivity index is 2.85. The maximum absolute atomic E-state index is 12.3. The Morgan fingerprint density at radius 2 is 2.07 bits per heavy atom. The standard InChI is InChI=1S/C11H20N2OS/c1-4-13(8(2)3)10(14)11(9(12)15)6-5-7-11/h8H,4-7H2,1-3H3,(H2,12,15). The molecule has 0 aromatic heterocycles. The molecule has 0 saturated heterocycles. The van der Waals surface area contributed by atoms with Crippen molar-refractivity contribution < 1.29 is 4.79 Å². The van der Waals surface area contributed by atoms with Gasteiger partial charge in [0.2, 0.25) is 5.91 Å². The predicted octanol–water partition coefficient (Wildman–Crippen LogP) is 1.70. The van der Waals surface area contributed by atoms with Crippen LogP contribution in [0.4, 0.5) is 0 Å². The Bertz CT molecular complexity index is 272. The molecule has 0 aromatic rings. The number of thiocarbonyl (C=S) groups is 1. The monoisotopic (exact) mass is 228 g/mol. The van der Waals surface area contributed by atoms with E-state index in [1.807, 2.05) is 25.7 Å². The first-order valence-corrected chi connectivity index (χ1v) is 5.97. The molecule has 1 aliphatic carbocycles. The summed E-state index contributed by atoms with van der Waals surface area (Å²) in [7, 11) is 0. The van der Waals surface area contributed by atoms with Crippen LogP contribution in [0.2, 0.25) is 0 Å². The van der Waals surface area contributed by atoms with Gasteiger partial charge in [0.05, 0.1) is 10.4 Å². The van der Waals surface area contributed by atoms with E-state index in [-0.39, 0.29) is 11.9 Å². The van der Waals surface area contributed by atoms with Gasteiger partial charge in [-0.05, 0) is 33.6 Å². The second-order valence-corrected chi connectivity index (χ2v) is 4.92. The fourth-order valence-corrected chi connectivity index (χ4v) is 2.41. The van der Waals surface area contributed by atoms with Gasteiger partial charge in [-0.3, -0.25) is 4.79 Å². The van der Waals surface area contributed by atoms with E-state index in [0.717, 1.165) is 25.8 Å². The lowest BCUT2D eigenvalue weighted by Gasteiger charge is -2.43. The average molecular weight is 228 g/mol. The number of carbonyl (C=O) groups excluding carboxylic acids is 1. The zero-order chi connectivity index (χ0) is 11.6. The third kappa shape index (κ3) is 2.00. The highest BCUT2D eigenvalue weighted by Crippen LogP contribution is 2.43. The topological polar surface area (TPSA) is 46.3 Å². The van der Waals surface area contributed by atoms with Crippen LogP contribution in [0, 0.1) is 5.41 Å². The molecule has 0 aromatic carbocycles. The van der Waals surface area contributed by atoms with Crippen LogP contribution in [-0.4, -0.2) is 28.4 Å². The van der Waals surface area contributed by atoms with Gasteiger partial charge in [0.1, 0.15) is 0 Å². The van der Waals surface area contributed by atoms with Crippen LogP contribution in [0.3, 0.4) is 0 Å². The maximum Gasteiger partial charge on any atom is 0.235 e. The summed E-state index contributed by atoms with van der Waals surface area (Å²) in [6.45, 7) is 6.76. The zero-order valence-electron chi connectivity index (χ0n) is 9.75. The molecule has 0 aliphatic heterocycles. The Hall–Kier alpha value is -0.640. The minimum atomic E-state index is -0.518. The number of amides is 1. The molecule has 0 unspecified atom stereocenters. The third-order valence-corrected chi connectivity index (χ3v) is 3.70. The molecule has 1 aliphatic rings. The quantitative estimate of drug-likeness (QED) is 0.745. The molecular formula is C11H20N2OS. The van der Waals surface area contributed by atoms with E-state index in [0.29, 0.717) is 4.99 Å². The molecule has 1 saturated carbocycles. The van der Waals surface area contributed by atoms with Crippen molar-refractivity contribution in [1.82, 2.24) is 4.90 Å². The smallest absolute Gasteiger partial charge is 0.235 e. The summed E-state index contributed by atoms with van der Waals surface area (Å²) in [6.07, 6.45) is 2.70. The van der Waals surface area contributed by atoms with Gasteiger partial charge in [0, 0.05) is 12.6 Å². The number of rotatable bonds is 4. The summed E-state index contributed by atoms with van der Waals surface area (Å²) in [5.74, 6) is 0.124. The van der Waals surface area contributed by atoms with Gasteiger partial charge < -0.3 is 10.6 Å². The highest BCUT2D eigenvalue weighted by Gasteiger charge is 2.48. The van der Waals surface area contributed by atoms with Crippen molar-refractivity contribution in [2.45, 2.75) is 46.1 Å². The van der Waals surface area contributed by atoms with E-state index in [2.05, 4.69) is 0 Å². The van der Waals surface area contributed by atoms with E-state index in [4.69, 9.17) is 18.0 Å². The van der Waals surface area contributed by atoms with E-state index >= 15 is 0 Å². The first kappa shape index (κ1) is 12.4. The molecule has 86 valence electrons.